The van der Waals surface area contributed by atoms with E-state index < -0.39 is 20.9 Å². The lowest BCUT2D eigenvalue weighted by atomic mass is 10.1. The third kappa shape index (κ3) is 3.96. The molecule has 0 aromatic heterocycles. The molecule has 0 atom stereocenters. The smallest absolute Gasteiger partial charge is 0.271 e. The Balaban J connectivity index is 1.58. The van der Waals surface area contributed by atoms with Gasteiger partial charge in [-0.2, -0.15) is 4.31 Å². The van der Waals surface area contributed by atoms with Crippen LogP contribution in [0.5, 0.6) is 0 Å². The normalized spacial score (nSPS) is 16.7. The standard InChI is InChI=1S/C21H22N4O6S/c1-15(26)22-9-11-23(12-10-22)32(30,31)19-4-2-3-17(13-19)21(27)24-8-7-16-5-6-18(25(28)29)14-20(16)24/h2-6,13-14H,7-12H2,1H3. The Hall–Kier alpha value is -3.31. The van der Waals surface area contributed by atoms with Crippen LogP contribution in [0.25, 0.3) is 0 Å². The van der Waals surface area contributed by atoms with E-state index in [0.29, 0.717) is 31.7 Å². The number of sulfonamides is 1. The third-order valence-electron chi connectivity index (χ3n) is 5.82. The summed E-state index contributed by atoms with van der Waals surface area (Å²) in [6.07, 6.45) is 0.567. The highest BCUT2D eigenvalue weighted by atomic mass is 32.2. The minimum Gasteiger partial charge on any atom is -0.340 e. The van der Waals surface area contributed by atoms with E-state index in [-0.39, 0.29) is 35.1 Å². The number of piperazine rings is 1. The van der Waals surface area contributed by atoms with Gasteiger partial charge in [0.1, 0.15) is 0 Å². The molecule has 0 bridgehead atoms. The van der Waals surface area contributed by atoms with Gasteiger partial charge in [0.2, 0.25) is 15.9 Å². The van der Waals surface area contributed by atoms with Gasteiger partial charge in [0.25, 0.3) is 11.6 Å². The van der Waals surface area contributed by atoms with Crippen molar-refractivity contribution in [3.63, 3.8) is 0 Å². The highest BCUT2D eigenvalue weighted by Crippen LogP contribution is 2.33. The Morgan fingerprint density at radius 3 is 2.38 bits per heavy atom. The van der Waals surface area contributed by atoms with E-state index in [9.17, 15) is 28.1 Å². The third-order valence-corrected chi connectivity index (χ3v) is 7.72. The number of fused-ring (bicyclic) bond motifs is 1. The second-order valence-corrected chi connectivity index (χ2v) is 9.65. The maximum atomic E-state index is 13.2. The highest BCUT2D eigenvalue weighted by Gasteiger charge is 2.31. The maximum Gasteiger partial charge on any atom is 0.271 e. The fraction of sp³-hybridized carbons (Fsp3) is 0.333. The number of hydrogen-bond acceptors (Lipinski definition) is 6. The molecule has 10 nitrogen and oxygen atoms in total. The molecule has 2 aromatic rings. The van der Waals surface area contributed by atoms with Crippen molar-refractivity contribution in [2.75, 3.05) is 37.6 Å². The molecule has 4 rings (SSSR count). The first-order valence-corrected chi connectivity index (χ1v) is 11.6. The van der Waals surface area contributed by atoms with Crippen LogP contribution in [0.2, 0.25) is 0 Å². The number of benzene rings is 2. The molecule has 2 aliphatic rings. The van der Waals surface area contributed by atoms with Gasteiger partial charge in [-0.1, -0.05) is 12.1 Å². The number of anilines is 1. The largest absolute Gasteiger partial charge is 0.340 e. The first kappa shape index (κ1) is 21.9. The number of non-ortho nitro benzene ring substituents is 1. The highest BCUT2D eigenvalue weighted by molar-refractivity contribution is 7.89. The van der Waals surface area contributed by atoms with E-state index in [1.807, 2.05) is 0 Å². The molecule has 1 saturated heterocycles. The number of nitro groups is 1. The minimum absolute atomic E-state index is 0.00177. The van der Waals surface area contributed by atoms with Crippen LogP contribution >= 0.6 is 0 Å². The molecule has 0 unspecified atom stereocenters. The summed E-state index contributed by atoms with van der Waals surface area (Å²) in [7, 11) is -3.83. The Kier molecular flexibility index (Phi) is 5.70. The Bertz CT molecular complexity index is 1200. The van der Waals surface area contributed by atoms with Gasteiger partial charge in [0.05, 0.1) is 15.5 Å². The van der Waals surface area contributed by atoms with Crippen LogP contribution in [0.3, 0.4) is 0 Å². The molecule has 0 spiro atoms. The summed E-state index contributed by atoms with van der Waals surface area (Å²) in [5, 5.41) is 11.1. The molecule has 2 heterocycles. The SMILES string of the molecule is CC(=O)N1CCN(S(=O)(=O)c2cccc(C(=O)N3CCc4ccc([N+](=O)[O-])cc43)c2)CC1. The average Bonchev–Trinajstić information content (AvgIpc) is 3.22. The molecule has 11 heteroatoms. The summed E-state index contributed by atoms with van der Waals surface area (Å²) < 4.78 is 27.5. The molecular weight excluding hydrogens is 436 g/mol. The molecule has 2 aliphatic heterocycles. The summed E-state index contributed by atoms with van der Waals surface area (Å²) in [6, 6.07) is 10.2. The fourth-order valence-electron chi connectivity index (χ4n) is 4.03. The molecule has 168 valence electrons. The minimum atomic E-state index is -3.83. The quantitative estimate of drug-likeness (QED) is 0.507. The zero-order valence-corrected chi connectivity index (χ0v) is 18.2. The lowest BCUT2D eigenvalue weighted by molar-refractivity contribution is -0.384. The predicted molar refractivity (Wildman–Crippen MR) is 116 cm³/mol. The average molecular weight is 458 g/mol. The van der Waals surface area contributed by atoms with Crippen LogP contribution in [0.4, 0.5) is 11.4 Å². The lowest BCUT2D eigenvalue weighted by Crippen LogP contribution is -2.49. The summed E-state index contributed by atoms with van der Waals surface area (Å²) in [4.78, 5) is 38.3. The van der Waals surface area contributed by atoms with Crippen LogP contribution in [0.15, 0.2) is 47.4 Å². The van der Waals surface area contributed by atoms with Crippen molar-refractivity contribution in [2.45, 2.75) is 18.2 Å². The molecule has 2 aromatic carbocycles. The van der Waals surface area contributed by atoms with Crippen molar-refractivity contribution < 1.29 is 22.9 Å². The number of nitrogens with zero attached hydrogens (tertiary/aromatic N) is 4. The predicted octanol–water partition coefficient (Wildman–Crippen LogP) is 1.65. The van der Waals surface area contributed by atoms with Crippen molar-refractivity contribution in [1.29, 1.82) is 0 Å². The molecule has 0 N–H and O–H groups in total. The van der Waals surface area contributed by atoms with Gasteiger partial charge >= 0.3 is 0 Å². The van der Waals surface area contributed by atoms with E-state index in [4.69, 9.17) is 0 Å². The van der Waals surface area contributed by atoms with Gasteiger partial charge in [0, 0.05) is 57.3 Å². The first-order valence-electron chi connectivity index (χ1n) is 10.1. The van der Waals surface area contributed by atoms with Crippen molar-refractivity contribution in [2.24, 2.45) is 0 Å². The van der Waals surface area contributed by atoms with E-state index in [0.717, 1.165) is 5.56 Å². The van der Waals surface area contributed by atoms with Crippen molar-refractivity contribution in [3.8, 4) is 0 Å². The number of nitro benzene ring substituents is 1. The number of carbonyl (C=O) groups excluding carboxylic acids is 2. The van der Waals surface area contributed by atoms with Gasteiger partial charge in [-0.25, -0.2) is 8.42 Å². The maximum absolute atomic E-state index is 13.2. The van der Waals surface area contributed by atoms with E-state index in [2.05, 4.69) is 0 Å². The van der Waals surface area contributed by atoms with Gasteiger partial charge in [-0.3, -0.25) is 19.7 Å². The number of rotatable bonds is 4. The number of hydrogen-bond donors (Lipinski definition) is 0. The van der Waals surface area contributed by atoms with Crippen LogP contribution in [0.1, 0.15) is 22.8 Å². The molecular formula is C21H22N4O6S. The zero-order valence-electron chi connectivity index (χ0n) is 17.4. The summed E-state index contributed by atoms with van der Waals surface area (Å²) >= 11 is 0. The number of carbonyl (C=O) groups is 2. The van der Waals surface area contributed by atoms with Crippen LogP contribution in [0, 0.1) is 10.1 Å². The Morgan fingerprint density at radius 1 is 1.00 bits per heavy atom. The van der Waals surface area contributed by atoms with Gasteiger partial charge in [-0.15, -0.1) is 0 Å². The topological polar surface area (TPSA) is 121 Å². The second-order valence-electron chi connectivity index (χ2n) is 7.71. The van der Waals surface area contributed by atoms with Crippen LogP contribution in [-0.4, -0.2) is 67.1 Å². The van der Waals surface area contributed by atoms with Gasteiger partial charge < -0.3 is 9.80 Å². The van der Waals surface area contributed by atoms with E-state index in [1.54, 1.807) is 11.0 Å². The monoisotopic (exact) mass is 458 g/mol. The summed E-state index contributed by atoms with van der Waals surface area (Å²) in [5.41, 5.74) is 1.38. The Morgan fingerprint density at radius 2 is 1.72 bits per heavy atom. The summed E-state index contributed by atoms with van der Waals surface area (Å²) in [5.74, 6) is -0.511. The van der Waals surface area contributed by atoms with Crippen molar-refractivity contribution in [1.82, 2.24) is 9.21 Å². The second kappa shape index (κ2) is 8.32. The first-order chi connectivity index (χ1) is 15.2. The molecule has 0 radical (unpaired) electrons. The molecule has 2 amide bonds. The zero-order chi connectivity index (χ0) is 23.0. The van der Waals surface area contributed by atoms with Crippen molar-refractivity contribution in [3.05, 3.63) is 63.7 Å². The van der Waals surface area contributed by atoms with Crippen LogP contribution in [-0.2, 0) is 21.2 Å². The summed E-state index contributed by atoms with van der Waals surface area (Å²) in [6.45, 7) is 2.81. The van der Waals surface area contributed by atoms with E-state index in [1.165, 1.54) is 52.5 Å². The molecule has 1 fully saturated rings. The molecule has 32 heavy (non-hydrogen) atoms. The molecule has 0 saturated carbocycles. The molecule has 0 aliphatic carbocycles. The number of amides is 2. The van der Waals surface area contributed by atoms with Crippen LogP contribution < -0.4 is 4.90 Å². The van der Waals surface area contributed by atoms with Gasteiger partial charge in [-0.05, 0) is 30.2 Å². The Labute approximate surface area is 185 Å². The fourth-order valence-corrected chi connectivity index (χ4v) is 5.50. The van der Waals surface area contributed by atoms with Crippen molar-refractivity contribution >= 4 is 33.2 Å². The van der Waals surface area contributed by atoms with Gasteiger partial charge in [0.15, 0.2) is 0 Å². The van der Waals surface area contributed by atoms with E-state index >= 15 is 0 Å². The lowest BCUT2D eigenvalue weighted by Gasteiger charge is -2.33.